The van der Waals surface area contributed by atoms with Crippen molar-refractivity contribution in [3.05, 3.63) is 107 Å². The second-order valence-electron chi connectivity index (χ2n) is 7.01. The topological polar surface area (TPSA) is 70.5 Å². The zero-order valence-electron chi connectivity index (χ0n) is 16.0. The Morgan fingerprint density at radius 2 is 1.87 bits per heavy atom. The van der Waals surface area contributed by atoms with Crippen LogP contribution >= 0.6 is 11.6 Å². The Kier molecular flexibility index (Phi) is 5.63. The molecule has 3 aromatic rings. The van der Waals surface area contributed by atoms with E-state index >= 15 is 0 Å². The summed E-state index contributed by atoms with van der Waals surface area (Å²) in [5, 5.41) is 11.1. The summed E-state index contributed by atoms with van der Waals surface area (Å²) in [7, 11) is 0. The molecule has 6 heteroatoms. The van der Waals surface area contributed by atoms with Crippen LogP contribution in [0.25, 0.3) is 0 Å². The zero-order chi connectivity index (χ0) is 21.1. The largest absolute Gasteiger partial charge is 0.503 e. The van der Waals surface area contributed by atoms with Crippen molar-refractivity contribution in [1.82, 2.24) is 4.98 Å². The molecule has 4 rings (SSSR count). The fraction of sp³-hybridized carbons (Fsp3) is 0.125. The number of aliphatic hydroxyl groups is 1. The second kappa shape index (κ2) is 8.51. The van der Waals surface area contributed by atoms with Crippen LogP contribution < -0.4 is 4.90 Å². The highest BCUT2D eigenvalue weighted by Crippen LogP contribution is 2.41. The lowest BCUT2D eigenvalue weighted by Crippen LogP contribution is -2.31. The van der Waals surface area contributed by atoms with Crippen LogP contribution in [0.2, 0.25) is 5.02 Å². The first-order valence-corrected chi connectivity index (χ1v) is 9.93. The van der Waals surface area contributed by atoms with E-state index in [1.165, 1.54) is 4.90 Å². The second-order valence-corrected chi connectivity index (χ2v) is 7.45. The van der Waals surface area contributed by atoms with Gasteiger partial charge in [-0.1, -0.05) is 54.1 Å². The predicted molar refractivity (Wildman–Crippen MR) is 115 cm³/mol. The molecule has 1 atom stereocenters. The zero-order valence-corrected chi connectivity index (χ0v) is 16.8. The molecule has 0 bridgehead atoms. The van der Waals surface area contributed by atoms with Crippen LogP contribution in [0, 0.1) is 0 Å². The highest BCUT2D eigenvalue weighted by molar-refractivity contribution is 6.31. The Morgan fingerprint density at radius 1 is 1.07 bits per heavy atom. The molecule has 0 saturated carbocycles. The van der Waals surface area contributed by atoms with Gasteiger partial charge in [-0.05, 0) is 41.8 Å². The van der Waals surface area contributed by atoms with Crippen molar-refractivity contribution in [1.29, 1.82) is 0 Å². The highest BCUT2D eigenvalue weighted by atomic mass is 35.5. The van der Waals surface area contributed by atoms with Crippen molar-refractivity contribution in [3.8, 4) is 0 Å². The number of amides is 1. The van der Waals surface area contributed by atoms with Crippen LogP contribution in [0.3, 0.4) is 0 Å². The molecule has 1 unspecified atom stereocenters. The van der Waals surface area contributed by atoms with Crippen molar-refractivity contribution in [2.24, 2.45) is 0 Å². The Balaban J connectivity index is 1.72. The first kappa shape index (κ1) is 19.9. The van der Waals surface area contributed by atoms with Crippen molar-refractivity contribution >= 4 is 29.0 Å². The molecular weight excluding hydrogens is 400 g/mol. The van der Waals surface area contributed by atoms with Crippen LogP contribution in [0.15, 0.2) is 90.5 Å². The molecule has 2 aromatic carbocycles. The summed E-state index contributed by atoms with van der Waals surface area (Å²) in [5.41, 5.74) is 2.24. The van der Waals surface area contributed by atoms with E-state index in [2.05, 4.69) is 4.98 Å². The maximum atomic E-state index is 13.2. The van der Waals surface area contributed by atoms with Gasteiger partial charge in [-0.3, -0.25) is 19.5 Å². The summed E-state index contributed by atoms with van der Waals surface area (Å²) in [6, 6.07) is 19.1. The van der Waals surface area contributed by atoms with E-state index in [-0.39, 0.29) is 17.8 Å². The van der Waals surface area contributed by atoms with Gasteiger partial charge in [0.2, 0.25) is 0 Å². The van der Waals surface area contributed by atoms with Crippen LogP contribution in [0.5, 0.6) is 0 Å². The van der Waals surface area contributed by atoms with Crippen molar-refractivity contribution in [3.63, 3.8) is 0 Å². The first-order chi connectivity index (χ1) is 14.6. The van der Waals surface area contributed by atoms with Gasteiger partial charge in [-0.2, -0.15) is 0 Å². The summed E-state index contributed by atoms with van der Waals surface area (Å²) in [6.45, 7) is 0. The number of Topliss-reactive ketones (excluding diaryl/α,β-unsaturated/α-hetero) is 1. The van der Waals surface area contributed by atoms with Gasteiger partial charge in [0, 0.05) is 29.5 Å². The Bertz CT molecular complexity index is 1110. The lowest BCUT2D eigenvalue weighted by Gasteiger charge is -2.26. The normalized spacial score (nSPS) is 16.2. The molecule has 30 heavy (non-hydrogen) atoms. The standard InChI is InChI=1S/C24H19ClN2O3/c25-18-9-4-10-19(14-18)27-22(17-8-5-13-26-15-17)21(23(29)24(27)30)20(28)12-11-16-6-2-1-3-7-16/h1-10,13-15,22,29H,11-12H2. The molecule has 5 nitrogen and oxygen atoms in total. The van der Waals surface area contributed by atoms with E-state index in [4.69, 9.17) is 11.6 Å². The number of halogens is 1. The first-order valence-electron chi connectivity index (χ1n) is 9.55. The Labute approximate surface area is 179 Å². The summed E-state index contributed by atoms with van der Waals surface area (Å²) in [5.74, 6) is -1.43. The number of aliphatic hydroxyl groups excluding tert-OH is 1. The minimum atomic E-state index is -0.770. The molecule has 1 aliphatic heterocycles. The lowest BCUT2D eigenvalue weighted by molar-refractivity contribution is -0.118. The number of rotatable bonds is 6. The third-order valence-corrected chi connectivity index (χ3v) is 5.31. The summed E-state index contributed by atoms with van der Waals surface area (Å²) in [4.78, 5) is 31.7. The monoisotopic (exact) mass is 418 g/mol. The van der Waals surface area contributed by atoms with Gasteiger partial charge >= 0.3 is 0 Å². The number of carbonyl (C=O) groups is 2. The Morgan fingerprint density at radius 3 is 2.57 bits per heavy atom. The van der Waals surface area contributed by atoms with E-state index < -0.39 is 17.7 Å². The van der Waals surface area contributed by atoms with E-state index in [1.807, 2.05) is 30.3 Å². The molecule has 0 radical (unpaired) electrons. The SMILES string of the molecule is O=C(CCc1ccccc1)C1=C(O)C(=O)N(c2cccc(Cl)c2)C1c1cccnc1. The fourth-order valence-corrected chi connectivity index (χ4v) is 3.86. The number of ketones is 1. The maximum Gasteiger partial charge on any atom is 0.294 e. The van der Waals surface area contributed by atoms with Crippen LogP contribution in [0.1, 0.15) is 23.6 Å². The van der Waals surface area contributed by atoms with Crippen LogP contribution in [-0.4, -0.2) is 21.8 Å². The van der Waals surface area contributed by atoms with Gasteiger partial charge in [0.1, 0.15) is 0 Å². The minimum Gasteiger partial charge on any atom is -0.503 e. The molecular formula is C24H19ClN2O3. The van der Waals surface area contributed by atoms with E-state index in [1.54, 1.807) is 48.8 Å². The molecule has 2 heterocycles. The number of benzene rings is 2. The number of aryl methyl sites for hydroxylation is 1. The van der Waals surface area contributed by atoms with Gasteiger partial charge in [-0.15, -0.1) is 0 Å². The van der Waals surface area contributed by atoms with Crippen molar-refractivity contribution < 1.29 is 14.7 Å². The molecule has 1 amide bonds. The van der Waals surface area contributed by atoms with Gasteiger partial charge in [-0.25, -0.2) is 0 Å². The van der Waals surface area contributed by atoms with Crippen molar-refractivity contribution in [2.75, 3.05) is 4.90 Å². The van der Waals surface area contributed by atoms with Crippen LogP contribution in [-0.2, 0) is 16.0 Å². The van der Waals surface area contributed by atoms with Crippen molar-refractivity contribution in [2.45, 2.75) is 18.9 Å². The van der Waals surface area contributed by atoms with Crippen LogP contribution in [0.4, 0.5) is 5.69 Å². The average Bonchev–Trinajstić information content (AvgIpc) is 3.04. The van der Waals surface area contributed by atoms with E-state index in [0.717, 1.165) is 5.56 Å². The maximum absolute atomic E-state index is 13.2. The number of hydrogen-bond acceptors (Lipinski definition) is 4. The third kappa shape index (κ3) is 3.84. The summed E-state index contributed by atoms with van der Waals surface area (Å²) in [6.07, 6.45) is 3.90. The number of nitrogens with zero attached hydrogens (tertiary/aromatic N) is 2. The number of hydrogen-bond donors (Lipinski definition) is 1. The van der Waals surface area contributed by atoms with Gasteiger partial charge in [0.25, 0.3) is 5.91 Å². The summed E-state index contributed by atoms with van der Waals surface area (Å²) >= 11 is 6.12. The predicted octanol–water partition coefficient (Wildman–Crippen LogP) is 4.84. The Hall–Kier alpha value is -3.44. The molecule has 0 fully saturated rings. The smallest absolute Gasteiger partial charge is 0.294 e. The molecule has 1 aromatic heterocycles. The molecule has 0 aliphatic carbocycles. The number of aromatic nitrogens is 1. The van der Waals surface area contributed by atoms with Gasteiger partial charge < -0.3 is 5.11 Å². The highest BCUT2D eigenvalue weighted by Gasteiger charge is 2.44. The quantitative estimate of drug-likeness (QED) is 0.622. The number of anilines is 1. The summed E-state index contributed by atoms with van der Waals surface area (Å²) < 4.78 is 0. The fourth-order valence-electron chi connectivity index (χ4n) is 3.67. The minimum absolute atomic E-state index is 0.0870. The third-order valence-electron chi connectivity index (χ3n) is 5.08. The average molecular weight is 419 g/mol. The molecule has 1 aliphatic rings. The van der Waals surface area contributed by atoms with E-state index in [9.17, 15) is 14.7 Å². The van der Waals surface area contributed by atoms with E-state index in [0.29, 0.717) is 22.7 Å². The van der Waals surface area contributed by atoms with Gasteiger partial charge in [0.05, 0.1) is 11.6 Å². The number of carbonyl (C=O) groups excluding carboxylic acids is 2. The van der Waals surface area contributed by atoms with Gasteiger partial charge in [0.15, 0.2) is 11.5 Å². The number of pyridine rings is 1. The lowest BCUT2D eigenvalue weighted by atomic mass is 9.94. The molecule has 0 saturated heterocycles. The molecule has 1 N–H and O–H groups in total. The molecule has 0 spiro atoms. The molecule has 150 valence electrons.